The molecule has 0 spiro atoms. The molecule has 4 rings (SSSR count). The smallest absolute Gasteiger partial charge is 0.317 e. The topological polar surface area (TPSA) is 73.8 Å². The summed E-state index contributed by atoms with van der Waals surface area (Å²) in [5, 5.41) is 3.18. The molecule has 30 heavy (non-hydrogen) atoms. The monoisotopic (exact) mass is 410 g/mol. The number of hydrogen-bond acceptors (Lipinski definition) is 6. The number of urea groups is 1. The highest BCUT2D eigenvalue weighted by Gasteiger charge is 2.26. The zero-order valence-corrected chi connectivity index (χ0v) is 17.5. The first-order valence-electron chi connectivity index (χ1n) is 10.7. The fourth-order valence-corrected chi connectivity index (χ4v) is 4.20. The van der Waals surface area contributed by atoms with E-state index in [-0.39, 0.29) is 12.1 Å². The Morgan fingerprint density at radius 2 is 1.70 bits per heavy atom. The number of amides is 2. The van der Waals surface area contributed by atoms with Crippen LogP contribution in [-0.4, -0.2) is 78.7 Å². The summed E-state index contributed by atoms with van der Waals surface area (Å²) in [6.45, 7) is 5.57. The molecule has 0 radical (unpaired) electrons. The van der Waals surface area contributed by atoms with Gasteiger partial charge in [0.2, 0.25) is 5.95 Å². The third-order valence-corrected chi connectivity index (χ3v) is 5.93. The van der Waals surface area contributed by atoms with E-state index in [0.29, 0.717) is 19.6 Å². The maximum atomic E-state index is 12.8. The van der Waals surface area contributed by atoms with Gasteiger partial charge in [0.1, 0.15) is 5.75 Å². The van der Waals surface area contributed by atoms with E-state index in [1.54, 1.807) is 19.5 Å². The number of anilines is 1. The molecule has 8 nitrogen and oxygen atoms in total. The Hall–Kier alpha value is -2.87. The molecular weight excluding hydrogens is 380 g/mol. The molecule has 1 aromatic carbocycles. The molecule has 0 aliphatic carbocycles. The Morgan fingerprint density at radius 1 is 1.03 bits per heavy atom. The van der Waals surface area contributed by atoms with Gasteiger partial charge in [-0.3, -0.25) is 4.90 Å². The molecule has 1 N–H and O–H groups in total. The molecule has 8 heteroatoms. The Morgan fingerprint density at radius 3 is 2.33 bits per heavy atom. The summed E-state index contributed by atoms with van der Waals surface area (Å²) >= 11 is 0. The Kier molecular flexibility index (Phi) is 6.63. The molecule has 2 aliphatic heterocycles. The van der Waals surface area contributed by atoms with E-state index < -0.39 is 0 Å². The molecule has 2 aliphatic rings. The molecule has 0 bridgehead atoms. The van der Waals surface area contributed by atoms with Crippen LogP contribution in [-0.2, 0) is 0 Å². The minimum Gasteiger partial charge on any atom is -0.497 e. The van der Waals surface area contributed by atoms with Crippen molar-refractivity contribution in [3.05, 3.63) is 48.3 Å². The average molecular weight is 411 g/mol. The lowest BCUT2D eigenvalue weighted by Crippen LogP contribution is -2.53. The predicted molar refractivity (Wildman–Crippen MR) is 116 cm³/mol. The Bertz CT molecular complexity index is 802. The quantitative estimate of drug-likeness (QED) is 0.787. The molecule has 2 aromatic rings. The zero-order chi connectivity index (χ0) is 20.8. The van der Waals surface area contributed by atoms with Crippen molar-refractivity contribution in [2.45, 2.75) is 18.9 Å². The van der Waals surface area contributed by atoms with Gasteiger partial charge in [-0.1, -0.05) is 12.1 Å². The Balaban J connectivity index is 1.33. The molecule has 160 valence electrons. The van der Waals surface area contributed by atoms with Crippen LogP contribution in [0, 0.1) is 0 Å². The molecule has 0 saturated carbocycles. The highest BCUT2D eigenvalue weighted by atomic mass is 16.5. The van der Waals surface area contributed by atoms with Gasteiger partial charge in [-0.05, 0) is 49.7 Å². The standard InChI is InChI=1S/C22H30N6O2/c1-30-19-7-5-18(6-8-19)20(26-11-2-3-12-26)17-25-22(29)28-15-13-27(14-16-28)21-23-9-4-10-24-21/h4-10,20H,2-3,11-17H2,1H3,(H,25,29). The van der Waals surface area contributed by atoms with Gasteiger partial charge in [-0.15, -0.1) is 0 Å². The van der Waals surface area contributed by atoms with Crippen molar-refractivity contribution in [3.8, 4) is 5.75 Å². The summed E-state index contributed by atoms with van der Waals surface area (Å²) in [5.41, 5.74) is 1.21. The van der Waals surface area contributed by atoms with E-state index in [9.17, 15) is 4.79 Å². The molecule has 1 aromatic heterocycles. The predicted octanol–water partition coefficient (Wildman–Crippen LogP) is 2.15. The van der Waals surface area contributed by atoms with Crippen LogP contribution in [0.3, 0.4) is 0 Å². The fourth-order valence-electron chi connectivity index (χ4n) is 4.20. The van der Waals surface area contributed by atoms with Crippen LogP contribution in [0.15, 0.2) is 42.7 Å². The van der Waals surface area contributed by atoms with E-state index in [4.69, 9.17) is 4.74 Å². The number of benzene rings is 1. The first-order chi connectivity index (χ1) is 14.7. The van der Waals surface area contributed by atoms with Crippen molar-refractivity contribution in [1.82, 2.24) is 25.1 Å². The molecular formula is C22H30N6O2. The number of nitrogens with zero attached hydrogens (tertiary/aromatic N) is 5. The van der Waals surface area contributed by atoms with Crippen LogP contribution < -0.4 is 15.0 Å². The first-order valence-corrected chi connectivity index (χ1v) is 10.7. The second-order valence-electron chi connectivity index (χ2n) is 7.74. The lowest BCUT2D eigenvalue weighted by atomic mass is 10.1. The third kappa shape index (κ3) is 4.81. The zero-order valence-electron chi connectivity index (χ0n) is 17.5. The number of aromatic nitrogens is 2. The third-order valence-electron chi connectivity index (χ3n) is 5.93. The van der Waals surface area contributed by atoms with Crippen LogP contribution in [0.2, 0.25) is 0 Å². The van der Waals surface area contributed by atoms with Crippen molar-refractivity contribution in [1.29, 1.82) is 0 Å². The maximum Gasteiger partial charge on any atom is 0.317 e. The van der Waals surface area contributed by atoms with Gasteiger partial charge in [0.15, 0.2) is 0 Å². The number of nitrogens with one attached hydrogen (secondary N) is 1. The van der Waals surface area contributed by atoms with Gasteiger partial charge in [0.05, 0.1) is 13.2 Å². The number of ether oxygens (including phenoxy) is 1. The van der Waals surface area contributed by atoms with Crippen molar-refractivity contribution >= 4 is 12.0 Å². The van der Waals surface area contributed by atoms with Gasteiger partial charge >= 0.3 is 6.03 Å². The fraction of sp³-hybridized carbons (Fsp3) is 0.500. The summed E-state index contributed by atoms with van der Waals surface area (Å²) in [6, 6.07) is 10.2. The SMILES string of the molecule is COc1ccc(C(CNC(=O)N2CCN(c3ncccn3)CC2)N2CCCC2)cc1. The molecule has 1 unspecified atom stereocenters. The number of piperazine rings is 1. The second kappa shape index (κ2) is 9.75. The number of likely N-dealkylation sites (tertiary alicyclic amines) is 1. The van der Waals surface area contributed by atoms with Crippen molar-refractivity contribution in [3.63, 3.8) is 0 Å². The van der Waals surface area contributed by atoms with Gasteiger partial charge in [0.25, 0.3) is 0 Å². The summed E-state index contributed by atoms with van der Waals surface area (Å²) in [5.74, 6) is 1.58. The van der Waals surface area contributed by atoms with Crippen LogP contribution in [0.25, 0.3) is 0 Å². The first kappa shape index (κ1) is 20.4. The molecule has 2 saturated heterocycles. The van der Waals surface area contributed by atoms with E-state index in [2.05, 4.69) is 37.2 Å². The summed E-state index contributed by atoms with van der Waals surface area (Å²) in [7, 11) is 1.68. The van der Waals surface area contributed by atoms with E-state index in [1.165, 1.54) is 18.4 Å². The van der Waals surface area contributed by atoms with E-state index >= 15 is 0 Å². The summed E-state index contributed by atoms with van der Waals surface area (Å²) in [6.07, 6.45) is 5.92. The molecule has 2 fully saturated rings. The van der Waals surface area contributed by atoms with Crippen molar-refractivity contribution < 1.29 is 9.53 Å². The highest BCUT2D eigenvalue weighted by Crippen LogP contribution is 2.26. The molecule has 3 heterocycles. The van der Waals surface area contributed by atoms with Gasteiger partial charge in [-0.25, -0.2) is 14.8 Å². The summed E-state index contributed by atoms with van der Waals surface area (Å²) < 4.78 is 5.29. The Labute approximate surface area is 177 Å². The number of methoxy groups -OCH3 is 1. The number of carbonyl (C=O) groups is 1. The highest BCUT2D eigenvalue weighted by molar-refractivity contribution is 5.74. The van der Waals surface area contributed by atoms with Crippen molar-refractivity contribution in [2.75, 3.05) is 57.8 Å². The van der Waals surface area contributed by atoms with Crippen LogP contribution in [0.1, 0.15) is 24.4 Å². The molecule has 1 atom stereocenters. The molecule has 2 amide bonds. The van der Waals surface area contributed by atoms with Gasteiger partial charge in [0, 0.05) is 45.1 Å². The minimum atomic E-state index is 0.00124. The average Bonchev–Trinajstić information content (AvgIpc) is 3.35. The minimum absolute atomic E-state index is 0.00124. The summed E-state index contributed by atoms with van der Waals surface area (Å²) in [4.78, 5) is 27.9. The van der Waals surface area contributed by atoms with E-state index in [1.807, 2.05) is 23.1 Å². The van der Waals surface area contributed by atoms with Crippen LogP contribution >= 0.6 is 0 Å². The van der Waals surface area contributed by atoms with Gasteiger partial charge in [-0.2, -0.15) is 0 Å². The maximum absolute atomic E-state index is 12.8. The normalized spacial score (nSPS) is 18.3. The van der Waals surface area contributed by atoms with Gasteiger partial charge < -0.3 is 19.9 Å². The number of hydrogen-bond donors (Lipinski definition) is 1. The largest absolute Gasteiger partial charge is 0.497 e. The van der Waals surface area contributed by atoms with Crippen LogP contribution in [0.4, 0.5) is 10.7 Å². The van der Waals surface area contributed by atoms with Crippen molar-refractivity contribution in [2.24, 2.45) is 0 Å². The lowest BCUT2D eigenvalue weighted by molar-refractivity contribution is 0.184. The second-order valence-corrected chi connectivity index (χ2v) is 7.74. The van der Waals surface area contributed by atoms with Crippen LogP contribution in [0.5, 0.6) is 5.75 Å². The number of carbonyl (C=O) groups excluding carboxylic acids is 1. The lowest BCUT2D eigenvalue weighted by Gasteiger charge is -2.35. The van der Waals surface area contributed by atoms with E-state index in [0.717, 1.165) is 37.9 Å². The number of rotatable bonds is 6.